The first-order valence-corrected chi connectivity index (χ1v) is 6.22. The van der Waals surface area contributed by atoms with E-state index in [1.807, 2.05) is 19.1 Å². The van der Waals surface area contributed by atoms with Crippen molar-refractivity contribution in [2.75, 3.05) is 0 Å². The van der Waals surface area contributed by atoms with E-state index in [1.54, 1.807) is 12.4 Å². The van der Waals surface area contributed by atoms with Gasteiger partial charge in [-0.25, -0.2) is 9.97 Å². The van der Waals surface area contributed by atoms with Gasteiger partial charge < -0.3 is 0 Å². The first-order valence-electron chi connectivity index (χ1n) is 5.84. The van der Waals surface area contributed by atoms with E-state index < -0.39 is 0 Å². The van der Waals surface area contributed by atoms with Gasteiger partial charge in [-0.1, -0.05) is 32.4 Å². The summed E-state index contributed by atoms with van der Waals surface area (Å²) in [6.07, 6.45) is 3.50. The van der Waals surface area contributed by atoms with E-state index in [2.05, 4.69) is 35.7 Å². The van der Waals surface area contributed by atoms with Crippen LogP contribution in [0, 0.1) is 6.92 Å². The highest BCUT2D eigenvalue weighted by Gasteiger charge is 2.21. The van der Waals surface area contributed by atoms with Crippen LogP contribution < -0.4 is 0 Å². The fourth-order valence-corrected chi connectivity index (χ4v) is 1.79. The molecular formula is C14H16ClN3. The van der Waals surface area contributed by atoms with E-state index in [0.717, 1.165) is 22.6 Å². The Balaban J connectivity index is 2.64. The number of pyridine rings is 1. The maximum atomic E-state index is 6.21. The Kier molecular flexibility index (Phi) is 3.35. The minimum Gasteiger partial charge on any atom is -0.265 e. The number of halogens is 1. The number of hydrogen-bond acceptors (Lipinski definition) is 3. The molecule has 0 aromatic carbocycles. The van der Waals surface area contributed by atoms with Crippen LogP contribution in [0.1, 0.15) is 32.2 Å². The zero-order chi connectivity index (χ0) is 13.3. The zero-order valence-electron chi connectivity index (χ0n) is 11.0. The highest BCUT2D eigenvalue weighted by molar-refractivity contribution is 6.30. The van der Waals surface area contributed by atoms with Gasteiger partial charge in [-0.15, -0.1) is 0 Å². The maximum absolute atomic E-state index is 6.21. The highest BCUT2D eigenvalue weighted by Crippen LogP contribution is 2.28. The third kappa shape index (κ3) is 2.51. The molecule has 0 bridgehead atoms. The quantitative estimate of drug-likeness (QED) is 0.733. The molecule has 4 heteroatoms. The third-order valence-corrected chi connectivity index (χ3v) is 3.08. The summed E-state index contributed by atoms with van der Waals surface area (Å²) in [5.41, 5.74) is 2.66. The molecule has 0 unspecified atom stereocenters. The lowest BCUT2D eigenvalue weighted by atomic mass is 9.95. The van der Waals surface area contributed by atoms with Gasteiger partial charge in [-0.3, -0.25) is 4.98 Å². The van der Waals surface area contributed by atoms with Crippen LogP contribution in [0.25, 0.3) is 11.3 Å². The molecule has 0 atom stereocenters. The fourth-order valence-electron chi connectivity index (χ4n) is 1.62. The van der Waals surface area contributed by atoms with Crippen molar-refractivity contribution in [3.05, 3.63) is 41.1 Å². The molecule has 0 aliphatic heterocycles. The molecule has 0 radical (unpaired) electrons. The highest BCUT2D eigenvalue weighted by atomic mass is 35.5. The predicted octanol–water partition coefficient (Wildman–Crippen LogP) is 3.80. The third-order valence-electron chi connectivity index (χ3n) is 2.71. The Morgan fingerprint density at radius 3 is 2.22 bits per heavy atom. The molecule has 0 amide bonds. The van der Waals surface area contributed by atoms with Crippen molar-refractivity contribution in [1.29, 1.82) is 0 Å². The summed E-state index contributed by atoms with van der Waals surface area (Å²) >= 11 is 6.21. The van der Waals surface area contributed by atoms with Crippen LogP contribution in [0.4, 0.5) is 0 Å². The standard InChI is InChI=1S/C14H16ClN3/c1-9-11(10-5-7-16-8-6-10)17-13(14(2,3)4)18-12(9)15/h5-8H,1-4H3. The summed E-state index contributed by atoms with van der Waals surface area (Å²) < 4.78 is 0. The van der Waals surface area contributed by atoms with Crippen molar-refractivity contribution in [1.82, 2.24) is 15.0 Å². The number of nitrogens with zero attached hydrogens (tertiary/aromatic N) is 3. The van der Waals surface area contributed by atoms with Gasteiger partial charge in [0.15, 0.2) is 0 Å². The van der Waals surface area contributed by atoms with Crippen molar-refractivity contribution >= 4 is 11.6 Å². The van der Waals surface area contributed by atoms with Crippen molar-refractivity contribution < 1.29 is 0 Å². The van der Waals surface area contributed by atoms with Crippen LogP contribution in [0.3, 0.4) is 0 Å². The van der Waals surface area contributed by atoms with Crippen molar-refractivity contribution in [2.24, 2.45) is 0 Å². The molecule has 94 valence electrons. The molecule has 0 fully saturated rings. The molecule has 0 saturated carbocycles. The molecule has 0 saturated heterocycles. The zero-order valence-corrected chi connectivity index (χ0v) is 11.8. The minimum atomic E-state index is -0.126. The summed E-state index contributed by atoms with van der Waals surface area (Å²) in [5.74, 6) is 0.755. The van der Waals surface area contributed by atoms with Crippen LogP contribution in [-0.4, -0.2) is 15.0 Å². The van der Waals surface area contributed by atoms with E-state index in [0.29, 0.717) is 5.15 Å². The monoisotopic (exact) mass is 261 g/mol. The molecule has 18 heavy (non-hydrogen) atoms. The van der Waals surface area contributed by atoms with Crippen LogP contribution in [0.2, 0.25) is 5.15 Å². The fraction of sp³-hybridized carbons (Fsp3) is 0.357. The summed E-state index contributed by atoms with van der Waals surface area (Å²) in [7, 11) is 0. The molecule has 0 aliphatic carbocycles. The van der Waals surface area contributed by atoms with Gasteiger partial charge in [0.2, 0.25) is 0 Å². The predicted molar refractivity (Wildman–Crippen MR) is 73.7 cm³/mol. The van der Waals surface area contributed by atoms with E-state index >= 15 is 0 Å². The van der Waals surface area contributed by atoms with Crippen LogP contribution >= 0.6 is 11.6 Å². The van der Waals surface area contributed by atoms with E-state index in [9.17, 15) is 0 Å². The normalized spacial score (nSPS) is 11.6. The van der Waals surface area contributed by atoms with E-state index in [4.69, 9.17) is 11.6 Å². The lowest BCUT2D eigenvalue weighted by Gasteiger charge is -2.19. The lowest BCUT2D eigenvalue weighted by Crippen LogP contribution is -2.17. The molecule has 0 spiro atoms. The average molecular weight is 262 g/mol. The number of rotatable bonds is 1. The average Bonchev–Trinajstić information content (AvgIpc) is 2.32. The smallest absolute Gasteiger partial charge is 0.136 e. The summed E-state index contributed by atoms with van der Waals surface area (Å²) in [6, 6.07) is 3.86. The maximum Gasteiger partial charge on any atom is 0.136 e. The van der Waals surface area contributed by atoms with Crippen molar-refractivity contribution in [2.45, 2.75) is 33.1 Å². The second-order valence-corrected chi connectivity index (χ2v) is 5.66. The van der Waals surface area contributed by atoms with Crippen LogP contribution in [0.5, 0.6) is 0 Å². The number of aromatic nitrogens is 3. The van der Waals surface area contributed by atoms with Crippen LogP contribution in [-0.2, 0) is 5.41 Å². The summed E-state index contributed by atoms with van der Waals surface area (Å²) in [5, 5.41) is 0.515. The summed E-state index contributed by atoms with van der Waals surface area (Å²) in [6.45, 7) is 8.16. The summed E-state index contributed by atoms with van der Waals surface area (Å²) in [4.78, 5) is 13.0. The van der Waals surface area contributed by atoms with Gasteiger partial charge in [-0.2, -0.15) is 0 Å². The molecule has 0 aliphatic rings. The van der Waals surface area contributed by atoms with Gasteiger partial charge in [0.1, 0.15) is 11.0 Å². The van der Waals surface area contributed by atoms with Gasteiger partial charge in [0.05, 0.1) is 5.69 Å². The Hall–Kier alpha value is -1.48. The molecule has 0 N–H and O–H groups in total. The largest absolute Gasteiger partial charge is 0.265 e. The Labute approximate surface area is 112 Å². The Bertz CT molecular complexity index is 559. The van der Waals surface area contributed by atoms with E-state index in [-0.39, 0.29) is 5.41 Å². The van der Waals surface area contributed by atoms with E-state index in [1.165, 1.54) is 0 Å². The molecular weight excluding hydrogens is 246 g/mol. The molecule has 3 nitrogen and oxygen atoms in total. The second-order valence-electron chi connectivity index (χ2n) is 5.30. The van der Waals surface area contributed by atoms with Crippen LogP contribution in [0.15, 0.2) is 24.5 Å². The topological polar surface area (TPSA) is 38.7 Å². The molecule has 2 aromatic heterocycles. The Morgan fingerprint density at radius 2 is 1.67 bits per heavy atom. The molecule has 2 heterocycles. The van der Waals surface area contributed by atoms with Gasteiger partial charge in [0, 0.05) is 28.9 Å². The van der Waals surface area contributed by atoms with Gasteiger partial charge in [0.25, 0.3) is 0 Å². The molecule has 2 rings (SSSR count). The first kappa shape index (κ1) is 13.0. The number of hydrogen-bond donors (Lipinski definition) is 0. The van der Waals surface area contributed by atoms with Crippen molar-refractivity contribution in [3.63, 3.8) is 0 Å². The van der Waals surface area contributed by atoms with Gasteiger partial charge >= 0.3 is 0 Å². The lowest BCUT2D eigenvalue weighted by molar-refractivity contribution is 0.545. The Morgan fingerprint density at radius 1 is 1.06 bits per heavy atom. The second kappa shape index (κ2) is 4.65. The first-order chi connectivity index (χ1) is 8.39. The minimum absolute atomic E-state index is 0.126. The molecule has 2 aromatic rings. The SMILES string of the molecule is Cc1c(Cl)nc(C(C)(C)C)nc1-c1ccncc1. The van der Waals surface area contributed by atoms with Gasteiger partial charge in [-0.05, 0) is 19.1 Å². The van der Waals surface area contributed by atoms with Crippen molar-refractivity contribution in [3.8, 4) is 11.3 Å².